The van der Waals surface area contributed by atoms with Crippen LogP contribution in [0.15, 0.2) is 18.2 Å². The predicted octanol–water partition coefficient (Wildman–Crippen LogP) is 1.44. The van der Waals surface area contributed by atoms with E-state index in [0.29, 0.717) is 19.8 Å². The lowest BCUT2D eigenvalue weighted by Crippen LogP contribution is -2.16. The lowest BCUT2D eigenvalue weighted by atomic mass is 10.1. The summed E-state index contributed by atoms with van der Waals surface area (Å²) in [4.78, 5) is 0. The molecule has 4 nitrogen and oxygen atoms in total. The highest BCUT2D eigenvalue weighted by molar-refractivity contribution is 5.65. The minimum absolute atomic E-state index is 0.493. The number of benzene rings is 1. The average molecular weight is 221 g/mol. The second kappa shape index (κ2) is 4.90. The first-order valence-corrected chi connectivity index (χ1v) is 5.19. The molecule has 0 radical (unpaired) electrons. The van der Waals surface area contributed by atoms with Crippen LogP contribution in [0.3, 0.4) is 0 Å². The normalized spacial score (nSPS) is 14.1. The predicted molar refractivity (Wildman–Crippen MR) is 62.1 cm³/mol. The van der Waals surface area contributed by atoms with Crippen molar-refractivity contribution >= 4 is 6.08 Å². The molecule has 0 bridgehead atoms. The molecule has 0 unspecified atom stereocenters. The molecule has 4 heteroatoms. The van der Waals surface area contributed by atoms with E-state index in [2.05, 4.69) is 0 Å². The van der Waals surface area contributed by atoms with Crippen LogP contribution in [-0.4, -0.2) is 26.9 Å². The molecule has 0 atom stereocenters. The maximum Gasteiger partial charge on any atom is 0.168 e. The Morgan fingerprint density at radius 2 is 2.19 bits per heavy atom. The molecule has 1 aliphatic rings. The fourth-order valence-electron chi connectivity index (χ4n) is 1.59. The number of nitrogens with two attached hydrogens (primary N) is 1. The average Bonchev–Trinajstić information content (AvgIpc) is 2.35. The molecule has 0 amide bonds. The second-order valence-corrected chi connectivity index (χ2v) is 3.38. The third kappa shape index (κ3) is 2.12. The van der Waals surface area contributed by atoms with Crippen molar-refractivity contribution in [1.29, 1.82) is 0 Å². The Kier molecular flexibility index (Phi) is 3.31. The van der Waals surface area contributed by atoms with Gasteiger partial charge in [-0.2, -0.15) is 0 Å². The SMILES string of the molecule is COc1cc(/C=C/CN)c2c(c1)OCCO2. The smallest absolute Gasteiger partial charge is 0.168 e. The standard InChI is InChI=1S/C12H15NO3/c1-14-10-7-9(3-2-4-13)12-11(8-10)15-5-6-16-12/h2-3,7-8H,4-6,13H2,1H3/b3-2+. The van der Waals surface area contributed by atoms with Gasteiger partial charge in [0.05, 0.1) is 7.11 Å². The van der Waals surface area contributed by atoms with Crippen LogP contribution < -0.4 is 19.9 Å². The molecule has 16 heavy (non-hydrogen) atoms. The molecule has 1 aromatic rings. The Morgan fingerprint density at radius 1 is 1.38 bits per heavy atom. The summed E-state index contributed by atoms with van der Waals surface area (Å²) in [6.07, 6.45) is 3.78. The van der Waals surface area contributed by atoms with E-state index in [4.69, 9.17) is 19.9 Å². The summed E-state index contributed by atoms with van der Waals surface area (Å²) >= 11 is 0. The summed E-state index contributed by atoms with van der Waals surface area (Å²) in [5, 5.41) is 0. The largest absolute Gasteiger partial charge is 0.497 e. The van der Waals surface area contributed by atoms with E-state index >= 15 is 0 Å². The Balaban J connectivity index is 2.43. The first kappa shape index (κ1) is 10.8. The Bertz CT molecular complexity index is 401. The van der Waals surface area contributed by atoms with Gasteiger partial charge in [-0.15, -0.1) is 0 Å². The fourth-order valence-corrected chi connectivity index (χ4v) is 1.59. The van der Waals surface area contributed by atoms with E-state index in [0.717, 1.165) is 22.8 Å². The van der Waals surface area contributed by atoms with E-state index in [9.17, 15) is 0 Å². The summed E-state index contributed by atoms with van der Waals surface area (Å²) in [6.45, 7) is 1.63. The van der Waals surface area contributed by atoms with Gasteiger partial charge in [-0.05, 0) is 6.07 Å². The molecule has 2 rings (SSSR count). The summed E-state index contributed by atoms with van der Waals surface area (Å²) in [7, 11) is 1.63. The molecule has 2 N–H and O–H groups in total. The molecular weight excluding hydrogens is 206 g/mol. The third-order valence-electron chi connectivity index (χ3n) is 2.31. The summed E-state index contributed by atoms with van der Waals surface area (Å²) in [5.74, 6) is 2.24. The third-order valence-corrected chi connectivity index (χ3v) is 2.31. The summed E-state index contributed by atoms with van der Waals surface area (Å²) in [5.41, 5.74) is 6.36. The van der Waals surface area contributed by atoms with Gasteiger partial charge in [-0.1, -0.05) is 12.2 Å². The highest BCUT2D eigenvalue weighted by Crippen LogP contribution is 2.38. The van der Waals surface area contributed by atoms with Gasteiger partial charge in [0.25, 0.3) is 0 Å². The Morgan fingerprint density at radius 3 is 2.94 bits per heavy atom. The molecule has 0 saturated carbocycles. The highest BCUT2D eigenvalue weighted by atomic mass is 16.6. The van der Waals surface area contributed by atoms with Gasteiger partial charge in [-0.3, -0.25) is 0 Å². The van der Waals surface area contributed by atoms with Crippen LogP contribution in [0, 0.1) is 0 Å². The first-order chi connectivity index (χ1) is 7.85. The number of ether oxygens (including phenoxy) is 3. The van der Waals surface area contributed by atoms with E-state index in [1.54, 1.807) is 7.11 Å². The van der Waals surface area contributed by atoms with Crippen LogP contribution in [0.1, 0.15) is 5.56 Å². The van der Waals surface area contributed by atoms with Gasteiger partial charge in [-0.25, -0.2) is 0 Å². The van der Waals surface area contributed by atoms with Crippen molar-refractivity contribution in [3.63, 3.8) is 0 Å². The number of fused-ring (bicyclic) bond motifs is 1. The van der Waals surface area contributed by atoms with Crippen molar-refractivity contribution in [3.8, 4) is 17.2 Å². The van der Waals surface area contributed by atoms with Crippen molar-refractivity contribution in [3.05, 3.63) is 23.8 Å². The van der Waals surface area contributed by atoms with Gasteiger partial charge in [0.15, 0.2) is 11.5 Å². The Hall–Kier alpha value is -1.68. The first-order valence-electron chi connectivity index (χ1n) is 5.19. The molecule has 1 aliphatic heterocycles. The lowest BCUT2D eigenvalue weighted by Gasteiger charge is -2.20. The zero-order chi connectivity index (χ0) is 11.4. The van der Waals surface area contributed by atoms with E-state index in [1.807, 2.05) is 24.3 Å². The van der Waals surface area contributed by atoms with Gasteiger partial charge < -0.3 is 19.9 Å². The van der Waals surface area contributed by atoms with E-state index < -0.39 is 0 Å². The molecule has 0 spiro atoms. The van der Waals surface area contributed by atoms with Crippen LogP contribution in [0.2, 0.25) is 0 Å². The van der Waals surface area contributed by atoms with Crippen molar-refractivity contribution < 1.29 is 14.2 Å². The monoisotopic (exact) mass is 221 g/mol. The topological polar surface area (TPSA) is 53.7 Å². The van der Waals surface area contributed by atoms with Crippen molar-refractivity contribution in [2.45, 2.75) is 0 Å². The summed E-state index contributed by atoms with van der Waals surface area (Å²) < 4.78 is 16.3. The van der Waals surface area contributed by atoms with Crippen LogP contribution in [0.4, 0.5) is 0 Å². The van der Waals surface area contributed by atoms with Gasteiger partial charge in [0, 0.05) is 18.2 Å². The maximum atomic E-state index is 5.58. The van der Waals surface area contributed by atoms with Crippen LogP contribution in [0.25, 0.3) is 6.08 Å². The van der Waals surface area contributed by atoms with Crippen LogP contribution in [-0.2, 0) is 0 Å². The number of hydrogen-bond donors (Lipinski definition) is 1. The molecule has 0 saturated heterocycles. The molecule has 0 aliphatic carbocycles. The minimum Gasteiger partial charge on any atom is -0.497 e. The maximum absolute atomic E-state index is 5.58. The minimum atomic E-state index is 0.493. The van der Waals surface area contributed by atoms with Crippen molar-refractivity contribution in [1.82, 2.24) is 0 Å². The van der Waals surface area contributed by atoms with Crippen LogP contribution >= 0.6 is 0 Å². The van der Waals surface area contributed by atoms with E-state index in [1.165, 1.54) is 0 Å². The van der Waals surface area contributed by atoms with Gasteiger partial charge >= 0.3 is 0 Å². The van der Waals surface area contributed by atoms with E-state index in [-0.39, 0.29) is 0 Å². The molecule has 0 aromatic heterocycles. The zero-order valence-corrected chi connectivity index (χ0v) is 9.23. The number of hydrogen-bond acceptors (Lipinski definition) is 4. The fraction of sp³-hybridized carbons (Fsp3) is 0.333. The molecule has 1 aromatic carbocycles. The molecular formula is C12H15NO3. The summed E-state index contributed by atoms with van der Waals surface area (Å²) in [6, 6.07) is 3.73. The van der Waals surface area contributed by atoms with Crippen molar-refractivity contribution in [2.75, 3.05) is 26.9 Å². The number of rotatable bonds is 3. The molecule has 1 heterocycles. The molecule has 0 fully saturated rings. The second-order valence-electron chi connectivity index (χ2n) is 3.38. The van der Waals surface area contributed by atoms with Gasteiger partial charge in [0.2, 0.25) is 0 Å². The zero-order valence-electron chi connectivity index (χ0n) is 9.23. The number of methoxy groups -OCH3 is 1. The van der Waals surface area contributed by atoms with Crippen LogP contribution in [0.5, 0.6) is 17.2 Å². The quantitative estimate of drug-likeness (QED) is 0.839. The molecule has 86 valence electrons. The lowest BCUT2D eigenvalue weighted by molar-refractivity contribution is 0.170. The highest BCUT2D eigenvalue weighted by Gasteiger charge is 2.16. The van der Waals surface area contributed by atoms with Crippen molar-refractivity contribution in [2.24, 2.45) is 5.73 Å². The Labute approximate surface area is 94.6 Å². The van der Waals surface area contributed by atoms with Gasteiger partial charge in [0.1, 0.15) is 19.0 Å².